The van der Waals surface area contributed by atoms with E-state index in [1.165, 1.54) is 12.0 Å². The predicted octanol–water partition coefficient (Wildman–Crippen LogP) is 3.66. The van der Waals surface area contributed by atoms with Crippen molar-refractivity contribution in [3.05, 3.63) is 35.9 Å². The van der Waals surface area contributed by atoms with Gasteiger partial charge in [0.2, 0.25) is 0 Å². The minimum Gasteiger partial charge on any atom is -0.444 e. The minimum atomic E-state index is -0.434. The molecule has 0 aliphatic carbocycles. The summed E-state index contributed by atoms with van der Waals surface area (Å²) in [5.74, 6) is 0. The Labute approximate surface area is 139 Å². The SMILES string of the molecule is C[C@@H]1[C@H]2CC[C@@H](CN1C(=O)OC(C)(C)C)N2Cc1ccccc1. The molecule has 0 N–H and O–H groups in total. The van der Waals surface area contributed by atoms with Gasteiger partial charge >= 0.3 is 6.09 Å². The summed E-state index contributed by atoms with van der Waals surface area (Å²) in [6.45, 7) is 9.69. The molecular formula is C19H28N2O2. The summed E-state index contributed by atoms with van der Waals surface area (Å²) in [6, 6.07) is 11.7. The molecule has 2 aliphatic heterocycles. The van der Waals surface area contributed by atoms with Crippen LogP contribution < -0.4 is 0 Å². The summed E-state index contributed by atoms with van der Waals surface area (Å²) in [5, 5.41) is 0. The van der Waals surface area contributed by atoms with Crippen molar-refractivity contribution >= 4 is 6.09 Å². The Bertz CT molecular complexity index is 552. The summed E-state index contributed by atoms with van der Waals surface area (Å²) in [4.78, 5) is 17.0. The summed E-state index contributed by atoms with van der Waals surface area (Å²) in [7, 11) is 0. The summed E-state index contributed by atoms with van der Waals surface area (Å²) < 4.78 is 5.59. The number of ether oxygens (including phenoxy) is 1. The molecule has 3 rings (SSSR count). The van der Waals surface area contributed by atoms with Crippen LogP contribution in [0, 0.1) is 0 Å². The molecule has 2 saturated heterocycles. The molecule has 4 heteroatoms. The van der Waals surface area contributed by atoms with Gasteiger partial charge in [0, 0.05) is 31.2 Å². The average molecular weight is 316 g/mol. The lowest BCUT2D eigenvalue weighted by Crippen LogP contribution is -2.60. The Morgan fingerprint density at radius 1 is 1.22 bits per heavy atom. The van der Waals surface area contributed by atoms with Crippen LogP contribution in [0.4, 0.5) is 4.79 Å². The Morgan fingerprint density at radius 2 is 1.91 bits per heavy atom. The maximum atomic E-state index is 12.5. The molecule has 2 fully saturated rings. The Morgan fingerprint density at radius 3 is 2.57 bits per heavy atom. The molecule has 2 heterocycles. The first-order valence-corrected chi connectivity index (χ1v) is 8.64. The van der Waals surface area contributed by atoms with Crippen molar-refractivity contribution in [3.8, 4) is 0 Å². The number of carbonyl (C=O) groups is 1. The smallest absolute Gasteiger partial charge is 0.410 e. The van der Waals surface area contributed by atoms with Gasteiger partial charge in [-0.05, 0) is 46.1 Å². The third-order valence-electron chi connectivity index (χ3n) is 4.98. The topological polar surface area (TPSA) is 32.8 Å². The van der Waals surface area contributed by atoms with Crippen molar-refractivity contribution < 1.29 is 9.53 Å². The van der Waals surface area contributed by atoms with Crippen molar-refractivity contribution in [2.75, 3.05) is 6.54 Å². The quantitative estimate of drug-likeness (QED) is 0.835. The molecule has 1 aromatic carbocycles. The predicted molar refractivity (Wildman–Crippen MR) is 91.2 cm³/mol. The van der Waals surface area contributed by atoms with Gasteiger partial charge in [-0.25, -0.2) is 4.79 Å². The number of likely N-dealkylation sites (tertiary alicyclic amines) is 1. The fourth-order valence-corrected chi connectivity index (χ4v) is 3.88. The number of amides is 1. The molecular weight excluding hydrogens is 288 g/mol. The first kappa shape index (κ1) is 16.3. The first-order valence-electron chi connectivity index (χ1n) is 8.64. The fraction of sp³-hybridized carbons (Fsp3) is 0.632. The van der Waals surface area contributed by atoms with Crippen LogP contribution >= 0.6 is 0 Å². The highest BCUT2D eigenvalue weighted by molar-refractivity contribution is 5.69. The Hall–Kier alpha value is -1.55. The monoisotopic (exact) mass is 316 g/mol. The molecule has 3 atom stereocenters. The zero-order valence-electron chi connectivity index (χ0n) is 14.7. The Balaban J connectivity index is 1.70. The number of benzene rings is 1. The van der Waals surface area contributed by atoms with Crippen molar-refractivity contribution in [1.29, 1.82) is 0 Å². The van der Waals surface area contributed by atoms with Crippen LogP contribution in [0.1, 0.15) is 46.1 Å². The van der Waals surface area contributed by atoms with Crippen LogP contribution in [0.5, 0.6) is 0 Å². The Kier molecular flexibility index (Phi) is 4.37. The minimum absolute atomic E-state index is 0.165. The van der Waals surface area contributed by atoms with E-state index >= 15 is 0 Å². The van der Waals surface area contributed by atoms with E-state index in [-0.39, 0.29) is 12.1 Å². The highest BCUT2D eigenvalue weighted by Crippen LogP contribution is 2.35. The lowest BCUT2D eigenvalue weighted by atomic mass is 10.0. The van der Waals surface area contributed by atoms with E-state index in [2.05, 4.69) is 42.2 Å². The molecule has 1 amide bonds. The van der Waals surface area contributed by atoms with Gasteiger partial charge in [0.15, 0.2) is 0 Å². The zero-order chi connectivity index (χ0) is 16.6. The molecule has 0 unspecified atom stereocenters. The van der Waals surface area contributed by atoms with E-state index in [0.29, 0.717) is 12.1 Å². The number of hydrogen-bond donors (Lipinski definition) is 0. The summed E-state index contributed by atoms with van der Waals surface area (Å²) in [6.07, 6.45) is 2.17. The molecule has 0 aromatic heterocycles. The molecule has 4 nitrogen and oxygen atoms in total. The number of fused-ring (bicyclic) bond motifs is 2. The number of nitrogens with zero attached hydrogens (tertiary/aromatic N) is 2. The highest BCUT2D eigenvalue weighted by Gasteiger charge is 2.46. The molecule has 2 bridgehead atoms. The van der Waals surface area contributed by atoms with Crippen LogP contribution in [0.2, 0.25) is 0 Å². The van der Waals surface area contributed by atoms with Crippen LogP contribution in [0.15, 0.2) is 30.3 Å². The van der Waals surface area contributed by atoms with Gasteiger partial charge < -0.3 is 9.64 Å². The molecule has 2 aliphatic rings. The van der Waals surface area contributed by atoms with Crippen LogP contribution in [-0.2, 0) is 11.3 Å². The average Bonchev–Trinajstić information content (AvgIpc) is 2.76. The second-order valence-corrected chi connectivity index (χ2v) is 7.83. The van der Waals surface area contributed by atoms with E-state index in [1.54, 1.807) is 0 Å². The number of rotatable bonds is 2. The molecule has 1 aromatic rings. The van der Waals surface area contributed by atoms with Crippen molar-refractivity contribution in [3.63, 3.8) is 0 Å². The van der Waals surface area contributed by atoms with E-state index in [9.17, 15) is 4.79 Å². The summed E-state index contributed by atoms with van der Waals surface area (Å²) in [5.41, 5.74) is 0.916. The molecule has 0 saturated carbocycles. The first-order chi connectivity index (χ1) is 10.8. The van der Waals surface area contributed by atoms with Crippen LogP contribution in [0.25, 0.3) is 0 Å². The van der Waals surface area contributed by atoms with Gasteiger partial charge in [-0.2, -0.15) is 0 Å². The van der Waals surface area contributed by atoms with E-state index < -0.39 is 5.60 Å². The van der Waals surface area contributed by atoms with Gasteiger partial charge in [-0.1, -0.05) is 30.3 Å². The highest BCUT2D eigenvalue weighted by atomic mass is 16.6. The van der Waals surface area contributed by atoms with Gasteiger partial charge in [0.25, 0.3) is 0 Å². The van der Waals surface area contributed by atoms with Gasteiger partial charge in [0.1, 0.15) is 5.60 Å². The largest absolute Gasteiger partial charge is 0.444 e. The second kappa shape index (κ2) is 6.16. The van der Waals surface area contributed by atoms with Gasteiger partial charge in [0.05, 0.1) is 0 Å². The van der Waals surface area contributed by atoms with Crippen LogP contribution in [0.3, 0.4) is 0 Å². The normalized spacial score (nSPS) is 28.0. The van der Waals surface area contributed by atoms with E-state index in [0.717, 1.165) is 19.5 Å². The summed E-state index contributed by atoms with van der Waals surface area (Å²) >= 11 is 0. The van der Waals surface area contributed by atoms with Crippen molar-refractivity contribution in [2.24, 2.45) is 0 Å². The number of piperazine rings is 1. The lowest BCUT2D eigenvalue weighted by molar-refractivity contribution is -0.0197. The fourth-order valence-electron chi connectivity index (χ4n) is 3.88. The maximum Gasteiger partial charge on any atom is 0.410 e. The lowest BCUT2D eigenvalue weighted by Gasteiger charge is -2.45. The number of hydrogen-bond acceptors (Lipinski definition) is 3. The molecule has 0 radical (unpaired) electrons. The molecule has 126 valence electrons. The van der Waals surface area contributed by atoms with Crippen molar-refractivity contribution in [2.45, 2.75) is 70.8 Å². The van der Waals surface area contributed by atoms with E-state index in [1.807, 2.05) is 25.7 Å². The zero-order valence-corrected chi connectivity index (χ0v) is 14.7. The second-order valence-electron chi connectivity index (χ2n) is 7.83. The van der Waals surface area contributed by atoms with E-state index in [4.69, 9.17) is 4.74 Å². The third-order valence-corrected chi connectivity index (χ3v) is 4.98. The maximum absolute atomic E-state index is 12.5. The standard InChI is InChI=1S/C19H28N2O2/c1-14-17-11-10-16(13-20(14)18(22)23-19(2,3)4)21(17)12-15-8-6-5-7-9-15/h5-9,14,16-17H,10-13H2,1-4H3/t14-,16+,17-/m1/s1. The molecule has 23 heavy (non-hydrogen) atoms. The third kappa shape index (κ3) is 3.52. The van der Waals surface area contributed by atoms with Crippen molar-refractivity contribution in [1.82, 2.24) is 9.80 Å². The van der Waals surface area contributed by atoms with Gasteiger partial charge in [-0.15, -0.1) is 0 Å². The van der Waals surface area contributed by atoms with Crippen LogP contribution in [-0.4, -0.2) is 46.2 Å². The molecule has 0 spiro atoms. The number of carbonyl (C=O) groups excluding carboxylic acids is 1. The van der Waals surface area contributed by atoms with Gasteiger partial charge in [-0.3, -0.25) is 4.90 Å².